The van der Waals surface area contributed by atoms with Gasteiger partial charge in [0.2, 0.25) is 17.0 Å². The first-order valence-electron chi connectivity index (χ1n) is 11.1. The van der Waals surface area contributed by atoms with E-state index in [0.29, 0.717) is 35.8 Å². The van der Waals surface area contributed by atoms with Crippen molar-refractivity contribution >= 4 is 55.5 Å². The van der Waals surface area contributed by atoms with Crippen molar-refractivity contribution in [1.82, 2.24) is 25.2 Å². The molecule has 0 aliphatic carbocycles. The van der Waals surface area contributed by atoms with E-state index >= 15 is 0 Å². The lowest BCUT2D eigenvalue weighted by molar-refractivity contribution is 0.0949. The highest BCUT2D eigenvalue weighted by atomic mass is 35.5. The number of nitrogens with one attached hydrogen (secondary N) is 2. The third-order valence-corrected chi connectivity index (χ3v) is 7.30. The first-order chi connectivity index (χ1) is 16.3. The highest BCUT2D eigenvalue weighted by molar-refractivity contribution is 7.21. The highest BCUT2D eigenvalue weighted by Crippen LogP contribution is 2.41. The SMILES string of the molecule is CC1CNc2c(sc3ccc4nc(Oc5nc(Cl)ncc5CN(C)C(C)C)ccc4c23)C(=O)N1. The molecule has 10 heteroatoms. The molecule has 4 heterocycles. The summed E-state index contributed by atoms with van der Waals surface area (Å²) in [6.45, 7) is 7.50. The number of carbonyl (C=O) groups excluding carboxylic acids is 1. The molecule has 0 fully saturated rings. The summed E-state index contributed by atoms with van der Waals surface area (Å²) >= 11 is 7.54. The zero-order valence-corrected chi connectivity index (χ0v) is 20.9. The second-order valence-corrected chi connectivity index (χ2v) is 10.2. The van der Waals surface area contributed by atoms with Gasteiger partial charge in [-0.05, 0) is 57.6 Å². The average molecular weight is 497 g/mol. The first kappa shape index (κ1) is 22.8. The number of benzene rings is 1. The molecule has 1 unspecified atom stereocenters. The van der Waals surface area contributed by atoms with E-state index in [2.05, 4.69) is 39.3 Å². The predicted molar refractivity (Wildman–Crippen MR) is 136 cm³/mol. The maximum atomic E-state index is 12.7. The van der Waals surface area contributed by atoms with Crippen molar-refractivity contribution in [3.63, 3.8) is 0 Å². The molecule has 1 aliphatic rings. The van der Waals surface area contributed by atoms with E-state index < -0.39 is 0 Å². The van der Waals surface area contributed by atoms with Gasteiger partial charge in [-0.25, -0.2) is 9.97 Å². The molecular formula is C24H25ClN6O2S. The van der Waals surface area contributed by atoms with Crippen LogP contribution in [0.2, 0.25) is 5.28 Å². The van der Waals surface area contributed by atoms with Gasteiger partial charge in [0, 0.05) is 58.5 Å². The van der Waals surface area contributed by atoms with Crippen LogP contribution in [0.25, 0.3) is 21.0 Å². The summed E-state index contributed by atoms with van der Waals surface area (Å²) in [7, 11) is 2.03. The summed E-state index contributed by atoms with van der Waals surface area (Å²) in [5, 5.41) is 8.55. The molecule has 0 spiro atoms. The summed E-state index contributed by atoms with van der Waals surface area (Å²) in [6, 6.07) is 8.14. The second kappa shape index (κ2) is 8.98. The fourth-order valence-electron chi connectivity index (χ4n) is 3.88. The van der Waals surface area contributed by atoms with Crippen molar-refractivity contribution in [1.29, 1.82) is 0 Å². The molecule has 1 aliphatic heterocycles. The van der Waals surface area contributed by atoms with Crippen LogP contribution in [-0.2, 0) is 6.54 Å². The van der Waals surface area contributed by atoms with Crippen LogP contribution in [0.4, 0.5) is 5.69 Å². The number of anilines is 1. The van der Waals surface area contributed by atoms with Crippen molar-refractivity contribution in [3.8, 4) is 11.8 Å². The Hall–Kier alpha value is -3.01. The minimum atomic E-state index is -0.0469. The molecule has 34 heavy (non-hydrogen) atoms. The van der Waals surface area contributed by atoms with Gasteiger partial charge in [0.25, 0.3) is 5.91 Å². The van der Waals surface area contributed by atoms with Gasteiger partial charge in [-0.2, -0.15) is 4.98 Å². The maximum absolute atomic E-state index is 12.7. The van der Waals surface area contributed by atoms with Crippen molar-refractivity contribution in [2.45, 2.75) is 39.4 Å². The molecule has 0 saturated carbocycles. The van der Waals surface area contributed by atoms with Gasteiger partial charge in [-0.15, -0.1) is 11.3 Å². The lowest BCUT2D eigenvalue weighted by Crippen LogP contribution is -2.34. The Labute approximate surface area is 206 Å². The van der Waals surface area contributed by atoms with Crippen LogP contribution < -0.4 is 15.4 Å². The highest BCUT2D eigenvalue weighted by Gasteiger charge is 2.25. The second-order valence-electron chi connectivity index (χ2n) is 8.80. The molecule has 0 bridgehead atoms. The largest absolute Gasteiger partial charge is 0.420 e. The summed E-state index contributed by atoms with van der Waals surface area (Å²) in [5.74, 6) is 0.752. The van der Waals surface area contributed by atoms with Crippen LogP contribution in [0.1, 0.15) is 36.0 Å². The van der Waals surface area contributed by atoms with E-state index in [1.807, 2.05) is 38.2 Å². The van der Waals surface area contributed by atoms with Crippen LogP contribution in [-0.4, -0.2) is 51.4 Å². The molecule has 1 amide bonds. The van der Waals surface area contributed by atoms with Gasteiger partial charge in [0.05, 0.1) is 11.2 Å². The van der Waals surface area contributed by atoms with E-state index in [1.165, 1.54) is 11.3 Å². The number of carbonyl (C=O) groups is 1. The van der Waals surface area contributed by atoms with Gasteiger partial charge in [-0.1, -0.05) is 0 Å². The minimum Gasteiger partial charge on any atom is -0.420 e. The van der Waals surface area contributed by atoms with Gasteiger partial charge in [-0.3, -0.25) is 9.69 Å². The van der Waals surface area contributed by atoms with Gasteiger partial charge < -0.3 is 15.4 Å². The normalized spacial score (nSPS) is 16.0. The maximum Gasteiger partial charge on any atom is 0.263 e. The number of amides is 1. The monoisotopic (exact) mass is 496 g/mol. The van der Waals surface area contributed by atoms with Crippen molar-refractivity contribution in [2.75, 3.05) is 18.9 Å². The van der Waals surface area contributed by atoms with E-state index in [4.69, 9.17) is 21.3 Å². The molecule has 1 aromatic carbocycles. The van der Waals surface area contributed by atoms with Crippen LogP contribution in [0.3, 0.4) is 0 Å². The zero-order valence-electron chi connectivity index (χ0n) is 19.3. The van der Waals surface area contributed by atoms with Crippen LogP contribution in [0.15, 0.2) is 30.5 Å². The Balaban J connectivity index is 1.53. The summed E-state index contributed by atoms with van der Waals surface area (Å²) in [6.07, 6.45) is 1.69. The topological polar surface area (TPSA) is 92.3 Å². The molecule has 8 nitrogen and oxygen atoms in total. The lowest BCUT2D eigenvalue weighted by atomic mass is 10.1. The molecule has 4 aromatic rings. The number of pyridine rings is 1. The number of halogens is 1. The Morgan fingerprint density at radius 1 is 1.26 bits per heavy atom. The summed E-state index contributed by atoms with van der Waals surface area (Å²) in [4.78, 5) is 28.7. The number of rotatable bonds is 5. The number of hydrogen-bond acceptors (Lipinski definition) is 8. The number of nitrogens with zero attached hydrogens (tertiary/aromatic N) is 4. The number of thiophene rings is 1. The predicted octanol–water partition coefficient (Wildman–Crippen LogP) is 5.07. The van der Waals surface area contributed by atoms with Gasteiger partial charge in [0.1, 0.15) is 4.88 Å². The van der Waals surface area contributed by atoms with Crippen LogP contribution in [0.5, 0.6) is 11.8 Å². The molecule has 0 radical (unpaired) electrons. The fourth-order valence-corrected chi connectivity index (χ4v) is 5.11. The number of fused-ring (bicyclic) bond motifs is 5. The van der Waals surface area contributed by atoms with E-state index in [1.54, 1.807) is 6.20 Å². The number of ether oxygens (including phenoxy) is 1. The summed E-state index contributed by atoms with van der Waals surface area (Å²) < 4.78 is 7.12. The Kier molecular flexibility index (Phi) is 6.01. The number of aromatic nitrogens is 3. The van der Waals surface area contributed by atoms with Gasteiger partial charge >= 0.3 is 0 Å². The standard InChI is InChI=1S/C24H25ClN6O2S/c1-12(2)31(4)11-14-10-27-24(25)30-23(14)33-18-8-5-15-16(29-18)6-7-17-19(15)20-21(34-17)22(32)28-13(3)9-26-20/h5-8,10,12-13,26H,9,11H2,1-4H3,(H,28,32). The lowest BCUT2D eigenvalue weighted by Gasteiger charge is -2.21. The Morgan fingerprint density at radius 3 is 2.88 bits per heavy atom. The molecule has 2 N–H and O–H groups in total. The third-order valence-electron chi connectivity index (χ3n) is 5.96. The fraction of sp³-hybridized carbons (Fsp3) is 0.333. The first-order valence-corrected chi connectivity index (χ1v) is 12.3. The third kappa shape index (κ3) is 4.26. The minimum absolute atomic E-state index is 0.0469. The smallest absolute Gasteiger partial charge is 0.263 e. The van der Waals surface area contributed by atoms with E-state index in [-0.39, 0.29) is 17.2 Å². The van der Waals surface area contributed by atoms with Crippen molar-refractivity contribution < 1.29 is 9.53 Å². The Bertz CT molecular complexity index is 1410. The van der Waals surface area contributed by atoms with E-state index in [0.717, 1.165) is 32.2 Å². The Morgan fingerprint density at radius 2 is 2.09 bits per heavy atom. The zero-order chi connectivity index (χ0) is 24.0. The quantitative estimate of drug-likeness (QED) is 0.373. The van der Waals surface area contributed by atoms with E-state index in [9.17, 15) is 4.79 Å². The van der Waals surface area contributed by atoms with Crippen LogP contribution >= 0.6 is 22.9 Å². The van der Waals surface area contributed by atoms with Crippen molar-refractivity contribution in [2.24, 2.45) is 0 Å². The van der Waals surface area contributed by atoms with Crippen LogP contribution in [0, 0.1) is 0 Å². The van der Waals surface area contributed by atoms with Gasteiger partial charge in [0.15, 0.2) is 0 Å². The summed E-state index contributed by atoms with van der Waals surface area (Å²) in [5.41, 5.74) is 2.46. The molecule has 1 atom stereocenters. The molecule has 3 aromatic heterocycles. The van der Waals surface area contributed by atoms with Crippen molar-refractivity contribution in [3.05, 3.63) is 46.2 Å². The molecule has 0 saturated heterocycles. The molecule has 176 valence electrons. The number of hydrogen-bond donors (Lipinski definition) is 2. The average Bonchev–Trinajstić information content (AvgIpc) is 3.12. The molecule has 5 rings (SSSR count). The molecular weight excluding hydrogens is 472 g/mol.